The summed E-state index contributed by atoms with van der Waals surface area (Å²) >= 11 is 1.33. The quantitative estimate of drug-likeness (QED) is 0.279. The van der Waals surface area contributed by atoms with Crippen LogP contribution in [0.15, 0.2) is 28.8 Å². The number of fused-ring (bicyclic) bond motifs is 1. The molecular formula is C10H10N8S. The third kappa shape index (κ3) is 2.33. The molecule has 3 aromatic rings. The summed E-state index contributed by atoms with van der Waals surface area (Å²) in [6.07, 6.45) is 5.17. The van der Waals surface area contributed by atoms with Gasteiger partial charge in [0.15, 0.2) is 10.8 Å². The number of aromatic nitrogens is 6. The molecule has 0 aliphatic carbocycles. The summed E-state index contributed by atoms with van der Waals surface area (Å²) in [4.78, 5) is 16.9. The average Bonchev–Trinajstić information content (AvgIpc) is 2.89. The lowest BCUT2D eigenvalue weighted by atomic mass is 10.4. The second-order valence-electron chi connectivity index (χ2n) is 3.77. The van der Waals surface area contributed by atoms with Gasteiger partial charge in [-0.2, -0.15) is 10.1 Å². The minimum absolute atomic E-state index is 0.311. The highest BCUT2D eigenvalue weighted by molar-refractivity contribution is 7.99. The van der Waals surface area contributed by atoms with E-state index in [-0.39, 0.29) is 0 Å². The molecule has 0 aliphatic rings. The highest BCUT2D eigenvalue weighted by Crippen LogP contribution is 2.29. The van der Waals surface area contributed by atoms with E-state index in [9.17, 15) is 0 Å². The summed E-state index contributed by atoms with van der Waals surface area (Å²) in [7, 11) is 0. The maximum atomic E-state index is 5.34. The monoisotopic (exact) mass is 274 g/mol. The number of hydrogen-bond donors (Lipinski definition) is 3. The number of rotatable bonds is 3. The highest BCUT2D eigenvalue weighted by atomic mass is 32.2. The molecule has 19 heavy (non-hydrogen) atoms. The van der Waals surface area contributed by atoms with Crippen LogP contribution in [-0.4, -0.2) is 30.1 Å². The number of H-pyrrole nitrogens is 1. The van der Waals surface area contributed by atoms with Crippen LogP contribution in [0.4, 0.5) is 5.95 Å². The molecule has 0 radical (unpaired) electrons. The van der Waals surface area contributed by atoms with E-state index in [2.05, 4.69) is 35.6 Å². The van der Waals surface area contributed by atoms with Crippen LogP contribution in [0, 0.1) is 6.92 Å². The Bertz CT molecular complexity index is 707. The van der Waals surface area contributed by atoms with Crippen LogP contribution in [0.3, 0.4) is 0 Å². The van der Waals surface area contributed by atoms with E-state index in [1.165, 1.54) is 11.8 Å². The molecule has 9 heteroatoms. The lowest BCUT2D eigenvalue weighted by Gasteiger charge is -2.03. The Balaban J connectivity index is 2.03. The first-order valence-corrected chi connectivity index (χ1v) is 6.22. The van der Waals surface area contributed by atoms with Crippen molar-refractivity contribution in [3.05, 3.63) is 24.2 Å². The number of nitrogens with two attached hydrogens (primary N) is 1. The fraction of sp³-hybridized carbons (Fsp3) is 0.100. The SMILES string of the molecule is Cc1cnc(Sc2nc(NN)nc3[nH]ncc23)nc1. The molecule has 8 nitrogen and oxygen atoms in total. The summed E-state index contributed by atoms with van der Waals surface area (Å²) in [5.41, 5.74) is 4.03. The van der Waals surface area contributed by atoms with Gasteiger partial charge in [0.1, 0.15) is 5.03 Å². The van der Waals surface area contributed by atoms with Crippen molar-refractivity contribution in [3.8, 4) is 0 Å². The van der Waals surface area contributed by atoms with E-state index < -0.39 is 0 Å². The van der Waals surface area contributed by atoms with Gasteiger partial charge in [-0.3, -0.25) is 10.5 Å². The van der Waals surface area contributed by atoms with Crippen LogP contribution in [-0.2, 0) is 0 Å². The summed E-state index contributed by atoms with van der Waals surface area (Å²) in [5.74, 6) is 5.65. The molecule has 0 fully saturated rings. The van der Waals surface area contributed by atoms with Crippen LogP contribution in [0.2, 0.25) is 0 Å². The van der Waals surface area contributed by atoms with E-state index >= 15 is 0 Å². The van der Waals surface area contributed by atoms with Gasteiger partial charge in [-0.25, -0.2) is 20.8 Å². The van der Waals surface area contributed by atoms with E-state index in [1.807, 2.05) is 6.92 Å². The second kappa shape index (κ2) is 4.78. The predicted molar refractivity (Wildman–Crippen MR) is 70.4 cm³/mol. The third-order valence-corrected chi connectivity index (χ3v) is 3.25. The van der Waals surface area contributed by atoms with Crippen LogP contribution >= 0.6 is 11.8 Å². The maximum absolute atomic E-state index is 5.34. The van der Waals surface area contributed by atoms with Gasteiger partial charge in [0.2, 0.25) is 5.95 Å². The average molecular weight is 274 g/mol. The molecular weight excluding hydrogens is 264 g/mol. The number of aromatic amines is 1. The van der Waals surface area contributed by atoms with Crippen LogP contribution in [0.25, 0.3) is 11.0 Å². The Morgan fingerprint density at radius 3 is 2.74 bits per heavy atom. The molecule has 3 aromatic heterocycles. The molecule has 0 unspecified atom stereocenters. The zero-order chi connectivity index (χ0) is 13.2. The minimum atomic E-state index is 0.311. The fourth-order valence-corrected chi connectivity index (χ4v) is 2.25. The number of nitrogens with one attached hydrogen (secondary N) is 2. The number of hydrogen-bond acceptors (Lipinski definition) is 8. The van der Waals surface area contributed by atoms with Crippen molar-refractivity contribution in [1.29, 1.82) is 0 Å². The summed E-state index contributed by atoms with van der Waals surface area (Å²) < 4.78 is 0. The van der Waals surface area contributed by atoms with E-state index in [1.54, 1.807) is 18.6 Å². The van der Waals surface area contributed by atoms with E-state index in [4.69, 9.17) is 5.84 Å². The number of nitrogens with zero attached hydrogens (tertiary/aromatic N) is 5. The summed E-state index contributed by atoms with van der Waals surface area (Å²) in [5, 5.41) is 8.82. The van der Waals surface area contributed by atoms with E-state index in [0.717, 1.165) is 10.9 Å². The second-order valence-corrected chi connectivity index (χ2v) is 4.73. The van der Waals surface area contributed by atoms with Crippen molar-refractivity contribution >= 4 is 28.7 Å². The molecule has 0 bridgehead atoms. The molecule has 0 aromatic carbocycles. The van der Waals surface area contributed by atoms with Crippen LogP contribution < -0.4 is 11.3 Å². The van der Waals surface area contributed by atoms with Crippen LogP contribution in [0.1, 0.15) is 5.56 Å². The van der Waals surface area contributed by atoms with Gasteiger partial charge in [-0.05, 0) is 24.2 Å². The van der Waals surface area contributed by atoms with Gasteiger partial charge in [-0.1, -0.05) is 0 Å². The molecule has 0 aliphatic heterocycles. The van der Waals surface area contributed by atoms with Crippen molar-refractivity contribution in [2.45, 2.75) is 17.1 Å². The van der Waals surface area contributed by atoms with Gasteiger partial charge in [0, 0.05) is 12.4 Å². The maximum Gasteiger partial charge on any atom is 0.240 e. The van der Waals surface area contributed by atoms with Crippen molar-refractivity contribution in [1.82, 2.24) is 30.1 Å². The number of hydrazine groups is 1. The Morgan fingerprint density at radius 1 is 1.21 bits per heavy atom. The minimum Gasteiger partial charge on any atom is -0.292 e. The molecule has 0 spiro atoms. The largest absolute Gasteiger partial charge is 0.292 e. The fourth-order valence-electron chi connectivity index (χ4n) is 1.47. The van der Waals surface area contributed by atoms with Gasteiger partial charge < -0.3 is 0 Å². The Labute approximate surface area is 112 Å². The molecule has 0 saturated carbocycles. The normalized spacial score (nSPS) is 10.8. The van der Waals surface area contributed by atoms with Gasteiger partial charge in [-0.15, -0.1) is 0 Å². The molecule has 0 atom stereocenters. The standard InChI is InChI=1S/C10H10N8S/c1-5-2-12-10(13-3-5)19-8-6-4-14-18-7(6)15-9(16-8)17-11/h2-4H,11H2,1H3,(H2,14,15,16,17,18). The zero-order valence-electron chi connectivity index (χ0n) is 9.95. The molecule has 0 amide bonds. The topological polar surface area (TPSA) is 118 Å². The van der Waals surface area contributed by atoms with Gasteiger partial charge >= 0.3 is 0 Å². The number of nitrogen functional groups attached to an aromatic ring is 1. The van der Waals surface area contributed by atoms with Crippen molar-refractivity contribution in [2.24, 2.45) is 5.84 Å². The number of anilines is 1. The van der Waals surface area contributed by atoms with Crippen molar-refractivity contribution in [3.63, 3.8) is 0 Å². The smallest absolute Gasteiger partial charge is 0.240 e. The summed E-state index contributed by atoms with van der Waals surface area (Å²) in [6.45, 7) is 1.93. The molecule has 0 saturated heterocycles. The first-order valence-electron chi connectivity index (χ1n) is 5.40. The third-order valence-electron chi connectivity index (χ3n) is 2.35. The van der Waals surface area contributed by atoms with Crippen LogP contribution in [0.5, 0.6) is 0 Å². The van der Waals surface area contributed by atoms with Crippen molar-refractivity contribution in [2.75, 3.05) is 5.43 Å². The predicted octanol–water partition coefficient (Wildman–Crippen LogP) is 0.888. The number of aryl methyl sites for hydroxylation is 1. The Hall–Kier alpha value is -2.26. The highest BCUT2D eigenvalue weighted by Gasteiger charge is 2.11. The molecule has 4 N–H and O–H groups in total. The molecule has 3 rings (SSSR count). The van der Waals surface area contributed by atoms with E-state index in [0.29, 0.717) is 21.8 Å². The molecule has 96 valence electrons. The van der Waals surface area contributed by atoms with Gasteiger partial charge in [0.25, 0.3) is 0 Å². The Kier molecular flexibility index (Phi) is 2.97. The zero-order valence-corrected chi connectivity index (χ0v) is 10.8. The lowest BCUT2D eigenvalue weighted by Crippen LogP contribution is -2.10. The first kappa shape index (κ1) is 11.8. The lowest BCUT2D eigenvalue weighted by molar-refractivity contribution is 0.944. The first-order chi connectivity index (χ1) is 9.26. The molecule has 3 heterocycles. The van der Waals surface area contributed by atoms with Gasteiger partial charge in [0.05, 0.1) is 11.6 Å². The van der Waals surface area contributed by atoms with Crippen molar-refractivity contribution < 1.29 is 0 Å². The Morgan fingerprint density at radius 2 is 2.00 bits per heavy atom. The summed E-state index contributed by atoms with van der Waals surface area (Å²) in [6, 6.07) is 0.